The second-order valence-corrected chi connectivity index (χ2v) is 16.4. The summed E-state index contributed by atoms with van der Waals surface area (Å²) in [7, 11) is -1.72. The molecule has 3 N–H and O–H groups in total. The second kappa shape index (κ2) is 8.64. The maximum atomic E-state index is 13.3. The lowest BCUT2D eigenvalue weighted by Crippen LogP contribution is -2.52. The van der Waals surface area contributed by atoms with Crippen molar-refractivity contribution in [1.82, 2.24) is 20.4 Å². The molecule has 0 radical (unpaired) electrons. The molecule has 1 fully saturated rings. The maximum Gasteiger partial charge on any atom is 0.318 e. The van der Waals surface area contributed by atoms with Crippen LogP contribution >= 0.6 is 0 Å². The number of urea groups is 1. The zero-order chi connectivity index (χ0) is 24.7. The molecule has 0 saturated heterocycles. The molecule has 182 valence electrons. The van der Waals surface area contributed by atoms with Crippen LogP contribution in [-0.2, 0) is 16.9 Å². The van der Waals surface area contributed by atoms with E-state index in [0.29, 0.717) is 12.4 Å². The SMILES string of the molecule is CC1(C)c2[nH]nc(NC(=O)C3([Si](C)(C)C)CCC3)c2CN1C(=O)NCC(N=O)c1ccccc1. The summed E-state index contributed by atoms with van der Waals surface area (Å²) < 4.78 is 0. The number of carbonyl (C=O) groups excluding carboxylic acids is 2. The first-order valence-electron chi connectivity index (χ1n) is 11.8. The van der Waals surface area contributed by atoms with Crippen LogP contribution < -0.4 is 10.6 Å². The van der Waals surface area contributed by atoms with E-state index >= 15 is 0 Å². The van der Waals surface area contributed by atoms with Crippen molar-refractivity contribution >= 4 is 25.8 Å². The molecule has 1 aromatic heterocycles. The summed E-state index contributed by atoms with van der Waals surface area (Å²) in [5.74, 6) is 0.556. The highest BCUT2D eigenvalue weighted by atomic mass is 28.3. The number of H-pyrrole nitrogens is 1. The molecule has 1 saturated carbocycles. The Labute approximate surface area is 201 Å². The lowest BCUT2D eigenvalue weighted by atomic mass is 9.83. The molecule has 2 heterocycles. The molecule has 1 aliphatic heterocycles. The van der Waals surface area contributed by atoms with Gasteiger partial charge in [0.25, 0.3) is 0 Å². The Bertz CT molecular complexity index is 1090. The van der Waals surface area contributed by atoms with E-state index in [4.69, 9.17) is 0 Å². The molecule has 1 unspecified atom stereocenters. The fraction of sp³-hybridized carbons (Fsp3) is 0.542. The number of carbonyl (C=O) groups is 2. The van der Waals surface area contributed by atoms with Gasteiger partial charge < -0.3 is 15.5 Å². The normalized spacial score (nSPS) is 19.0. The number of rotatable bonds is 7. The van der Waals surface area contributed by atoms with Crippen LogP contribution in [0.25, 0.3) is 0 Å². The van der Waals surface area contributed by atoms with Crippen LogP contribution in [-0.4, -0.2) is 41.7 Å². The Balaban J connectivity index is 1.47. The third-order valence-electron chi connectivity index (χ3n) is 7.78. The predicted octanol–water partition coefficient (Wildman–Crippen LogP) is 4.88. The van der Waals surface area contributed by atoms with E-state index in [0.717, 1.165) is 36.1 Å². The van der Waals surface area contributed by atoms with Gasteiger partial charge >= 0.3 is 6.03 Å². The average molecular weight is 483 g/mol. The molecular weight excluding hydrogens is 448 g/mol. The Hall–Kier alpha value is -3.01. The lowest BCUT2D eigenvalue weighted by molar-refractivity contribution is -0.121. The van der Waals surface area contributed by atoms with Crippen molar-refractivity contribution in [3.8, 4) is 0 Å². The minimum Gasteiger partial charge on any atom is -0.335 e. The van der Waals surface area contributed by atoms with Gasteiger partial charge in [-0.05, 0) is 32.3 Å². The van der Waals surface area contributed by atoms with Gasteiger partial charge in [-0.15, -0.1) is 0 Å². The Morgan fingerprint density at radius 1 is 1.21 bits per heavy atom. The Kier molecular flexibility index (Phi) is 6.13. The van der Waals surface area contributed by atoms with E-state index in [1.54, 1.807) is 4.90 Å². The number of nitroso groups, excluding NO2 is 1. The number of benzene rings is 1. The van der Waals surface area contributed by atoms with Crippen LogP contribution in [0.1, 0.15) is 56.0 Å². The highest BCUT2D eigenvalue weighted by Gasteiger charge is 2.54. The van der Waals surface area contributed by atoms with Gasteiger partial charge in [-0.3, -0.25) is 9.89 Å². The van der Waals surface area contributed by atoms with Gasteiger partial charge in [-0.25, -0.2) is 4.79 Å². The van der Waals surface area contributed by atoms with Crippen LogP contribution in [0.5, 0.6) is 0 Å². The van der Waals surface area contributed by atoms with Gasteiger partial charge in [-0.2, -0.15) is 10.0 Å². The summed E-state index contributed by atoms with van der Waals surface area (Å²) in [6.07, 6.45) is 2.93. The van der Waals surface area contributed by atoms with Gasteiger partial charge in [-0.1, -0.05) is 61.6 Å². The second-order valence-electron chi connectivity index (χ2n) is 10.9. The van der Waals surface area contributed by atoms with Crippen molar-refractivity contribution in [2.45, 2.75) is 75.9 Å². The van der Waals surface area contributed by atoms with E-state index in [1.165, 1.54) is 0 Å². The topological polar surface area (TPSA) is 120 Å². The zero-order valence-electron chi connectivity index (χ0n) is 20.6. The molecule has 3 amide bonds. The molecular formula is C24H34N6O3Si. The van der Waals surface area contributed by atoms with Crippen LogP contribution in [0.4, 0.5) is 10.6 Å². The van der Waals surface area contributed by atoms with Crippen LogP contribution in [0, 0.1) is 4.91 Å². The van der Waals surface area contributed by atoms with Crippen LogP contribution in [0.2, 0.25) is 24.7 Å². The first kappa shape index (κ1) is 24.1. The summed E-state index contributed by atoms with van der Waals surface area (Å²) >= 11 is 0. The van der Waals surface area contributed by atoms with Crippen molar-refractivity contribution in [3.63, 3.8) is 0 Å². The fourth-order valence-electron chi connectivity index (χ4n) is 5.19. The minimum atomic E-state index is -1.72. The number of nitrogens with zero attached hydrogens (tertiary/aromatic N) is 3. The number of aromatic nitrogens is 2. The Morgan fingerprint density at radius 2 is 1.88 bits per heavy atom. The first-order chi connectivity index (χ1) is 16.0. The molecule has 0 spiro atoms. The molecule has 2 aliphatic rings. The van der Waals surface area contributed by atoms with Crippen molar-refractivity contribution in [2.75, 3.05) is 11.9 Å². The summed E-state index contributed by atoms with van der Waals surface area (Å²) in [6.45, 7) is 11.0. The largest absolute Gasteiger partial charge is 0.335 e. The molecule has 1 aromatic carbocycles. The van der Waals surface area contributed by atoms with E-state index in [-0.39, 0.29) is 23.5 Å². The third kappa shape index (κ3) is 3.93. The molecule has 0 bridgehead atoms. The van der Waals surface area contributed by atoms with E-state index < -0.39 is 19.7 Å². The molecule has 1 aliphatic carbocycles. The quantitative estimate of drug-likeness (QED) is 0.385. The zero-order valence-corrected chi connectivity index (χ0v) is 21.6. The summed E-state index contributed by atoms with van der Waals surface area (Å²) in [4.78, 5) is 39.5. The van der Waals surface area contributed by atoms with Gasteiger partial charge in [0, 0.05) is 17.1 Å². The van der Waals surface area contributed by atoms with E-state index in [2.05, 4.69) is 45.6 Å². The average Bonchev–Trinajstić information content (AvgIpc) is 3.25. The highest BCUT2D eigenvalue weighted by Crippen LogP contribution is 2.56. The summed E-state index contributed by atoms with van der Waals surface area (Å²) in [6, 6.07) is 8.22. The molecule has 9 nitrogen and oxygen atoms in total. The molecule has 2 aromatic rings. The lowest BCUT2D eigenvalue weighted by Gasteiger charge is -2.48. The number of hydrogen-bond donors (Lipinski definition) is 3. The highest BCUT2D eigenvalue weighted by molar-refractivity contribution is 6.83. The number of anilines is 1. The minimum absolute atomic E-state index is 0.0516. The molecule has 10 heteroatoms. The number of aromatic amines is 1. The number of nitrogens with one attached hydrogen (secondary N) is 3. The van der Waals surface area contributed by atoms with Crippen molar-refractivity contribution in [1.29, 1.82) is 0 Å². The molecule has 4 rings (SSSR count). The van der Waals surface area contributed by atoms with E-state index in [9.17, 15) is 14.5 Å². The van der Waals surface area contributed by atoms with Crippen LogP contribution in [0.15, 0.2) is 35.5 Å². The van der Waals surface area contributed by atoms with Crippen molar-refractivity contribution in [2.24, 2.45) is 5.18 Å². The third-order valence-corrected chi connectivity index (χ3v) is 11.4. The van der Waals surface area contributed by atoms with E-state index in [1.807, 2.05) is 44.2 Å². The molecule has 1 atom stereocenters. The maximum absolute atomic E-state index is 13.3. The van der Waals surface area contributed by atoms with Gasteiger partial charge in [0.2, 0.25) is 5.91 Å². The Morgan fingerprint density at radius 3 is 2.44 bits per heavy atom. The number of hydrogen-bond acceptors (Lipinski definition) is 5. The first-order valence-corrected chi connectivity index (χ1v) is 15.3. The molecule has 34 heavy (non-hydrogen) atoms. The predicted molar refractivity (Wildman–Crippen MR) is 134 cm³/mol. The van der Waals surface area contributed by atoms with Crippen molar-refractivity contribution < 1.29 is 9.59 Å². The van der Waals surface area contributed by atoms with Gasteiger partial charge in [0.05, 0.1) is 25.9 Å². The monoisotopic (exact) mass is 482 g/mol. The number of fused-ring (bicyclic) bond motifs is 1. The summed E-state index contributed by atoms with van der Waals surface area (Å²) in [5, 5.41) is 16.3. The van der Waals surface area contributed by atoms with Gasteiger partial charge in [0.15, 0.2) is 5.82 Å². The summed E-state index contributed by atoms with van der Waals surface area (Å²) in [5.41, 5.74) is 1.73. The standard InChI is InChI=1S/C24H34N6O3Si/c1-23(2)19-17(20(28-27-19)26-21(31)24(12-9-13-24)34(3,4)5)15-30(23)22(32)25-14-18(29-33)16-10-7-6-8-11-16/h6-8,10-11,18H,9,12-15H2,1-5H3,(H,25,32)(H2,26,27,28,31). The fourth-order valence-corrected chi connectivity index (χ4v) is 7.79. The van der Waals surface area contributed by atoms with Gasteiger partial charge in [0.1, 0.15) is 6.04 Å². The van der Waals surface area contributed by atoms with Crippen LogP contribution in [0.3, 0.4) is 0 Å². The van der Waals surface area contributed by atoms with Crippen molar-refractivity contribution in [3.05, 3.63) is 52.1 Å². The number of amides is 3. The smallest absolute Gasteiger partial charge is 0.318 e.